The maximum atomic E-state index is 9.87. The van der Waals surface area contributed by atoms with Crippen molar-refractivity contribution in [3.05, 3.63) is 29.0 Å². The predicted molar refractivity (Wildman–Crippen MR) is 75.6 cm³/mol. The van der Waals surface area contributed by atoms with Gasteiger partial charge in [-0.3, -0.25) is 0 Å². The largest absolute Gasteiger partial charge is 0.507 e. The lowest BCUT2D eigenvalue weighted by Crippen LogP contribution is -2.21. The summed E-state index contributed by atoms with van der Waals surface area (Å²) in [4.78, 5) is 4.30. The van der Waals surface area contributed by atoms with E-state index in [9.17, 15) is 5.11 Å². The number of aromatic hydroxyl groups is 1. The van der Waals surface area contributed by atoms with Crippen LogP contribution in [0.1, 0.15) is 32.7 Å². The number of rotatable bonds is 3. The first-order valence-corrected chi connectivity index (χ1v) is 6.56. The minimum Gasteiger partial charge on any atom is -0.507 e. The summed E-state index contributed by atoms with van der Waals surface area (Å²) in [5, 5.41) is 14.2. The summed E-state index contributed by atoms with van der Waals surface area (Å²) in [5.41, 5.74) is 0.273. The van der Waals surface area contributed by atoms with Crippen molar-refractivity contribution in [3.8, 4) is 17.2 Å². The van der Waals surface area contributed by atoms with Gasteiger partial charge >= 0.3 is 0 Å². The minimum absolute atomic E-state index is 0.00238. The highest BCUT2D eigenvalue weighted by Gasteiger charge is 2.31. The highest BCUT2D eigenvalue weighted by Crippen LogP contribution is 2.36. The summed E-state index contributed by atoms with van der Waals surface area (Å²) in [5.74, 6) is 0.683. The summed E-state index contributed by atoms with van der Waals surface area (Å²) in [6.45, 7) is 6.07. The van der Waals surface area contributed by atoms with Crippen LogP contribution in [0.25, 0.3) is 11.5 Å². The number of nitrogens with zero attached hydrogens (tertiary/aromatic N) is 2. The zero-order chi connectivity index (χ0) is 14.9. The molecule has 1 N–H and O–H groups in total. The van der Waals surface area contributed by atoms with Crippen molar-refractivity contribution in [3.63, 3.8) is 0 Å². The van der Waals surface area contributed by atoms with Crippen LogP contribution in [0.15, 0.2) is 22.7 Å². The van der Waals surface area contributed by atoms with Crippen LogP contribution in [0, 0.1) is 5.41 Å². The Morgan fingerprint density at radius 1 is 1.35 bits per heavy atom. The van der Waals surface area contributed by atoms with Crippen molar-refractivity contribution >= 4 is 11.6 Å². The van der Waals surface area contributed by atoms with E-state index in [2.05, 4.69) is 10.1 Å². The van der Waals surface area contributed by atoms with E-state index >= 15 is 0 Å². The molecule has 0 amide bonds. The monoisotopic (exact) mass is 296 g/mol. The second-order valence-electron chi connectivity index (χ2n) is 5.60. The van der Waals surface area contributed by atoms with E-state index in [0.29, 0.717) is 16.4 Å². The SMILES string of the molecule is COC(c1noc(-c2ccc(Cl)cc2O)n1)C(C)(C)C. The number of hydrogen-bond donors (Lipinski definition) is 1. The molecule has 0 spiro atoms. The second kappa shape index (κ2) is 5.42. The van der Waals surface area contributed by atoms with E-state index in [0.717, 1.165) is 0 Å². The van der Waals surface area contributed by atoms with E-state index in [1.165, 1.54) is 6.07 Å². The first-order chi connectivity index (χ1) is 9.32. The Bertz CT molecular complexity index is 605. The van der Waals surface area contributed by atoms with Gasteiger partial charge in [-0.05, 0) is 23.6 Å². The highest BCUT2D eigenvalue weighted by atomic mass is 35.5. The van der Waals surface area contributed by atoms with Crippen LogP contribution in [0.3, 0.4) is 0 Å². The molecule has 0 aliphatic rings. The molecule has 1 aromatic heterocycles. The van der Waals surface area contributed by atoms with Gasteiger partial charge in [0.15, 0.2) is 0 Å². The normalized spacial score (nSPS) is 13.4. The van der Waals surface area contributed by atoms with Gasteiger partial charge < -0.3 is 14.4 Å². The molecule has 0 fully saturated rings. The zero-order valence-electron chi connectivity index (χ0n) is 11.8. The van der Waals surface area contributed by atoms with Gasteiger partial charge in [0.25, 0.3) is 5.89 Å². The Morgan fingerprint density at radius 2 is 2.05 bits per heavy atom. The Balaban J connectivity index is 2.38. The summed E-state index contributed by atoms with van der Waals surface area (Å²) in [6, 6.07) is 4.71. The number of halogens is 1. The quantitative estimate of drug-likeness (QED) is 0.932. The Kier molecular flexibility index (Phi) is 4.01. The third kappa shape index (κ3) is 2.94. The topological polar surface area (TPSA) is 68.4 Å². The zero-order valence-corrected chi connectivity index (χ0v) is 12.6. The van der Waals surface area contributed by atoms with Gasteiger partial charge in [-0.15, -0.1) is 0 Å². The molecule has 1 heterocycles. The third-order valence-corrected chi connectivity index (χ3v) is 3.12. The number of phenols is 1. The summed E-state index contributed by atoms with van der Waals surface area (Å²) >= 11 is 5.80. The fraction of sp³-hybridized carbons (Fsp3) is 0.429. The summed E-state index contributed by atoms with van der Waals surface area (Å²) in [7, 11) is 1.60. The number of phenolic OH excluding ortho intramolecular Hbond substituents is 1. The van der Waals surface area contributed by atoms with E-state index in [-0.39, 0.29) is 23.2 Å². The van der Waals surface area contributed by atoms with Crippen molar-refractivity contribution in [1.29, 1.82) is 0 Å². The van der Waals surface area contributed by atoms with Gasteiger partial charge in [0.1, 0.15) is 11.9 Å². The third-order valence-electron chi connectivity index (χ3n) is 2.89. The molecule has 1 aromatic carbocycles. The van der Waals surface area contributed by atoms with Crippen molar-refractivity contribution in [2.24, 2.45) is 5.41 Å². The highest BCUT2D eigenvalue weighted by molar-refractivity contribution is 6.30. The summed E-state index contributed by atoms with van der Waals surface area (Å²) in [6.07, 6.45) is -0.297. The van der Waals surface area contributed by atoms with Crippen LogP contribution < -0.4 is 0 Å². The number of ether oxygens (including phenoxy) is 1. The first kappa shape index (κ1) is 14.8. The molecule has 108 valence electrons. The molecule has 0 aliphatic heterocycles. The van der Waals surface area contributed by atoms with Crippen LogP contribution in [0.5, 0.6) is 5.75 Å². The molecular formula is C14H17ClN2O3. The smallest absolute Gasteiger partial charge is 0.261 e. The van der Waals surface area contributed by atoms with E-state index in [1.807, 2.05) is 20.8 Å². The van der Waals surface area contributed by atoms with Crippen LogP contribution in [0.4, 0.5) is 0 Å². The minimum atomic E-state index is -0.297. The van der Waals surface area contributed by atoms with E-state index < -0.39 is 0 Å². The van der Waals surface area contributed by atoms with Crippen LogP contribution in [-0.4, -0.2) is 22.4 Å². The average molecular weight is 297 g/mol. The predicted octanol–water partition coefficient (Wildman–Crippen LogP) is 3.83. The molecule has 2 rings (SSSR count). The lowest BCUT2D eigenvalue weighted by molar-refractivity contribution is 0.00718. The Hall–Kier alpha value is -1.59. The van der Waals surface area contributed by atoms with Crippen LogP contribution >= 0.6 is 11.6 Å². The van der Waals surface area contributed by atoms with Crippen molar-refractivity contribution < 1.29 is 14.4 Å². The number of aromatic nitrogens is 2. The lowest BCUT2D eigenvalue weighted by Gasteiger charge is -2.26. The van der Waals surface area contributed by atoms with Gasteiger partial charge in [-0.1, -0.05) is 37.5 Å². The van der Waals surface area contributed by atoms with Gasteiger partial charge in [-0.25, -0.2) is 0 Å². The molecule has 5 nitrogen and oxygen atoms in total. The molecule has 1 unspecified atom stereocenters. The fourth-order valence-electron chi connectivity index (χ4n) is 1.98. The Labute approximate surface area is 122 Å². The number of methoxy groups -OCH3 is 1. The molecule has 2 aromatic rings. The molecule has 0 bridgehead atoms. The van der Waals surface area contributed by atoms with Crippen LogP contribution in [0.2, 0.25) is 5.02 Å². The molecule has 0 radical (unpaired) electrons. The first-order valence-electron chi connectivity index (χ1n) is 6.18. The number of benzene rings is 1. The van der Waals surface area contributed by atoms with Gasteiger partial charge in [0, 0.05) is 12.1 Å². The van der Waals surface area contributed by atoms with E-state index in [4.69, 9.17) is 20.9 Å². The maximum absolute atomic E-state index is 9.87. The standard InChI is InChI=1S/C14H17ClN2O3/c1-14(2,3)11(19-4)12-16-13(20-17-12)9-6-5-8(15)7-10(9)18/h5-7,11,18H,1-4H3. The van der Waals surface area contributed by atoms with Gasteiger partial charge in [0.2, 0.25) is 5.82 Å². The molecule has 20 heavy (non-hydrogen) atoms. The fourth-order valence-corrected chi connectivity index (χ4v) is 2.15. The molecule has 0 saturated carbocycles. The van der Waals surface area contributed by atoms with Gasteiger partial charge in [0.05, 0.1) is 5.56 Å². The molecule has 6 heteroatoms. The maximum Gasteiger partial charge on any atom is 0.261 e. The second-order valence-corrected chi connectivity index (χ2v) is 6.04. The Morgan fingerprint density at radius 3 is 2.60 bits per heavy atom. The summed E-state index contributed by atoms with van der Waals surface area (Å²) < 4.78 is 10.6. The lowest BCUT2D eigenvalue weighted by atomic mass is 9.88. The van der Waals surface area contributed by atoms with Crippen molar-refractivity contribution in [2.45, 2.75) is 26.9 Å². The van der Waals surface area contributed by atoms with Crippen molar-refractivity contribution in [1.82, 2.24) is 10.1 Å². The average Bonchev–Trinajstić information content (AvgIpc) is 2.77. The molecule has 0 aliphatic carbocycles. The van der Waals surface area contributed by atoms with Crippen LogP contribution in [-0.2, 0) is 4.74 Å². The number of hydrogen-bond acceptors (Lipinski definition) is 5. The molecule has 1 atom stereocenters. The molecular weight excluding hydrogens is 280 g/mol. The van der Waals surface area contributed by atoms with Crippen molar-refractivity contribution in [2.75, 3.05) is 7.11 Å². The van der Waals surface area contributed by atoms with Gasteiger partial charge in [-0.2, -0.15) is 4.98 Å². The van der Waals surface area contributed by atoms with E-state index in [1.54, 1.807) is 19.2 Å². The molecule has 0 saturated heterocycles.